The summed E-state index contributed by atoms with van der Waals surface area (Å²) in [6.45, 7) is 2.91. The summed E-state index contributed by atoms with van der Waals surface area (Å²) in [5, 5.41) is 0.675. The van der Waals surface area contributed by atoms with Crippen LogP contribution in [0.25, 0.3) is 11.1 Å². The van der Waals surface area contributed by atoms with E-state index in [1.54, 1.807) is 0 Å². The third kappa shape index (κ3) is 2.36. The molecule has 0 radical (unpaired) electrons. The zero-order valence-corrected chi connectivity index (χ0v) is 7.77. The van der Waals surface area contributed by atoms with Crippen LogP contribution < -0.4 is 0 Å². The highest BCUT2D eigenvalue weighted by atomic mass is 35.7. The van der Waals surface area contributed by atoms with Gasteiger partial charge in [-0.3, -0.25) is 0 Å². The molecule has 0 heterocycles. The molecule has 0 fully saturated rings. The molecular weight excluding hydrogens is 196 g/mol. The van der Waals surface area contributed by atoms with Crippen LogP contribution in [0.2, 0.25) is 0 Å². The molecule has 0 aromatic rings. The van der Waals surface area contributed by atoms with Gasteiger partial charge in [0.2, 0.25) is 0 Å². The molecule has 0 spiro atoms. The lowest BCUT2D eigenvalue weighted by atomic mass is 9.95. The number of halogens is 1. The first-order valence-electron chi connectivity index (χ1n) is 3.20. The van der Waals surface area contributed by atoms with Gasteiger partial charge in [-0.2, -0.15) is 0 Å². The van der Waals surface area contributed by atoms with E-state index in [1.165, 1.54) is 11.1 Å². The van der Waals surface area contributed by atoms with E-state index in [2.05, 4.69) is 41.5 Å². The van der Waals surface area contributed by atoms with Crippen molar-refractivity contribution in [2.75, 3.05) is 0 Å². The van der Waals surface area contributed by atoms with Crippen molar-refractivity contribution in [1.82, 2.24) is 0 Å². The van der Waals surface area contributed by atoms with E-state index in [4.69, 9.17) is 0 Å². The average Bonchev–Trinajstić information content (AvgIpc) is 1.96. The van der Waals surface area contributed by atoms with Crippen molar-refractivity contribution in [3.63, 3.8) is 0 Å². The highest BCUT2D eigenvalue weighted by Gasteiger charge is 2.03. The number of hydrogen-bond acceptors (Lipinski definition) is 2. The van der Waals surface area contributed by atoms with Crippen molar-refractivity contribution in [1.29, 1.82) is 0 Å². The molecule has 0 saturated carbocycles. The Morgan fingerprint density at radius 2 is 1.42 bits per heavy atom. The maximum atomic E-state index is 9.65. The van der Waals surface area contributed by atoms with Gasteiger partial charge in [0.15, 0.2) is 0 Å². The molecule has 0 N–H and O–H groups in total. The highest BCUT2D eigenvalue weighted by molar-refractivity contribution is 8.16. The summed E-state index contributed by atoms with van der Waals surface area (Å²) in [5.41, 5.74) is 2.85. The third-order valence-electron chi connectivity index (χ3n) is 1.42. The predicted molar refractivity (Wildman–Crippen MR) is 50.4 cm³/mol. The zero-order chi connectivity index (χ0) is 9.19. The monoisotopic (exact) mass is 202 g/mol. The van der Waals surface area contributed by atoms with Crippen LogP contribution in [0, 0.1) is 0 Å². The van der Waals surface area contributed by atoms with E-state index in [1.807, 2.05) is 0 Å². The lowest BCUT2D eigenvalue weighted by molar-refractivity contribution is 0.617. The molecule has 64 valence electrons. The molecule has 0 saturated heterocycles. The minimum atomic E-state index is -3.43. The average molecular weight is 203 g/mol. The Bertz CT molecular complexity index is 345. The first kappa shape index (κ1) is 9.29. The minimum Gasteiger partial charge on any atom is -0.208 e. The second-order valence-electron chi connectivity index (χ2n) is 2.22. The fourth-order valence-electron chi connectivity index (χ4n) is 0.663. The van der Waals surface area contributed by atoms with E-state index in [0.717, 1.165) is 0 Å². The molecule has 2 aliphatic carbocycles. The van der Waals surface area contributed by atoms with Crippen LogP contribution in [0.15, 0.2) is 36.3 Å². The summed E-state index contributed by atoms with van der Waals surface area (Å²) in [4.78, 5) is 0. The fraction of sp³-hybridized carbons (Fsp3) is 0. The Morgan fingerprint density at radius 3 is 1.42 bits per heavy atom. The van der Waals surface area contributed by atoms with Gasteiger partial charge >= 0.3 is 0 Å². The number of benzene rings is 1. The summed E-state index contributed by atoms with van der Waals surface area (Å²) >= 11 is 0. The third-order valence-corrected chi connectivity index (χ3v) is 2.19. The van der Waals surface area contributed by atoms with Crippen molar-refractivity contribution in [2.24, 2.45) is 0 Å². The molecule has 2 aliphatic rings. The summed E-state index contributed by atoms with van der Waals surface area (Å²) < 4.78 is 19.3. The van der Waals surface area contributed by atoms with Crippen molar-refractivity contribution in [2.45, 2.75) is 0 Å². The maximum absolute atomic E-state index is 9.65. The first-order chi connectivity index (χ1) is 5.53. The molecule has 2 nitrogen and oxygen atoms in total. The smallest absolute Gasteiger partial charge is 0.208 e. The van der Waals surface area contributed by atoms with Crippen LogP contribution in [0.1, 0.15) is 0 Å². The van der Waals surface area contributed by atoms with Crippen molar-refractivity contribution in [3.8, 4) is 11.1 Å². The Morgan fingerprint density at radius 1 is 1.17 bits per heavy atom. The maximum Gasteiger partial charge on any atom is 0.253 e. The van der Waals surface area contributed by atoms with Crippen LogP contribution in [-0.4, -0.2) is 8.42 Å². The largest absolute Gasteiger partial charge is 0.253 e. The van der Waals surface area contributed by atoms with Gasteiger partial charge in [-0.05, 0) is 11.1 Å². The predicted octanol–water partition coefficient (Wildman–Crippen LogP) is 2.37. The number of hydrogen-bond donors (Lipinski definition) is 0. The molecule has 0 aliphatic heterocycles. The van der Waals surface area contributed by atoms with Crippen LogP contribution in [-0.2, 0) is 9.05 Å². The summed E-state index contributed by atoms with van der Waals surface area (Å²) in [6, 6.07) is 8.48. The van der Waals surface area contributed by atoms with Gasteiger partial charge in [0, 0.05) is 16.1 Å². The molecule has 12 heavy (non-hydrogen) atoms. The zero-order valence-electron chi connectivity index (χ0n) is 6.20. The molecule has 0 aromatic heterocycles. The summed E-state index contributed by atoms with van der Waals surface area (Å²) in [7, 11) is 1.15. The van der Waals surface area contributed by atoms with Crippen molar-refractivity contribution in [3.05, 3.63) is 36.3 Å². The molecule has 0 bridgehead atoms. The highest BCUT2D eigenvalue weighted by Crippen LogP contribution is 2.29. The molecule has 0 aromatic carbocycles. The molecule has 4 heteroatoms. The SMILES string of the molecule is C=CS(=O)(=O)Cl.c1cc2ccc1-2. The van der Waals surface area contributed by atoms with Crippen LogP contribution >= 0.6 is 10.7 Å². The Hall–Kier alpha value is -0.800. The lowest BCUT2D eigenvalue weighted by Gasteiger charge is -2.10. The quantitative estimate of drug-likeness (QED) is 0.666. The van der Waals surface area contributed by atoms with E-state index in [-0.39, 0.29) is 0 Å². The van der Waals surface area contributed by atoms with Crippen LogP contribution in [0.5, 0.6) is 0 Å². The number of fused-ring (bicyclic) bond motifs is 1. The normalized spacial score (nSPS) is 11.1. The van der Waals surface area contributed by atoms with Gasteiger partial charge in [-0.1, -0.05) is 30.8 Å². The fourth-order valence-corrected chi connectivity index (χ4v) is 0.663. The first-order valence-corrected chi connectivity index (χ1v) is 5.58. The summed E-state index contributed by atoms with van der Waals surface area (Å²) in [5.74, 6) is 0. The van der Waals surface area contributed by atoms with Gasteiger partial charge in [0.1, 0.15) is 0 Å². The minimum absolute atomic E-state index is 0.675. The Kier molecular flexibility index (Phi) is 2.55. The summed E-state index contributed by atoms with van der Waals surface area (Å²) in [6.07, 6.45) is 0. The van der Waals surface area contributed by atoms with E-state index in [0.29, 0.717) is 5.41 Å². The molecule has 0 atom stereocenters. The molecule has 0 amide bonds. The Balaban J connectivity index is 0.000000120. The molecular formula is C8H7ClO2S. The van der Waals surface area contributed by atoms with Gasteiger partial charge in [-0.15, -0.1) is 0 Å². The molecule has 2 rings (SSSR count). The van der Waals surface area contributed by atoms with Gasteiger partial charge in [0.25, 0.3) is 9.05 Å². The topological polar surface area (TPSA) is 34.1 Å². The van der Waals surface area contributed by atoms with Crippen molar-refractivity contribution >= 4 is 19.7 Å². The second-order valence-corrected chi connectivity index (χ2v) is 4.79. The van der Waals surface area contributed by atoms with Crippen LogP contribution in [0.3, 0.4) is 0 Å². The van der Waals surface area contributed by atoms with E-state index >= 15 is 0 Å². The number of rotatable bonds is 1. The lowest BCUT2D eigenvalue weighted by Crippen LogP contribution is -1.85. The van der Waals surface area contributed by atoms with Gasteiger partial charge < -0.3 is 0 Å². The van der Waals surface area contributed by atoms with Gasteiger partial charge in [0.05, 0.1) is 0 Å². The van der Waals surface area contributed by atoms with Crippen molar-refractivity contribution < 1.29 is 8.42 Å². The van der Waals surface area contributed by atoms with E-state index in [9.17, 15) is 8.42 Å². The Labute approximate surface area is 75.9 Å². The molecule has 0 unspecified atom stereocenters. The van der Waals surface area contributed by atoms with Gasteiger partial charge in [-0.25, -0.2) is 8.42 Å². The standard InChI is InChI=1S/C6H4.C2H3ClO2S/c1-2-6-4-3-5(1)6;1-2-6(3,4)5/h1-4H;2H,1H2. The second kappa shape index (κ2) is 3.29. The van der Waals surface area contributed by atoms with Crippen LogP contribution in [0.4, 0.5) is 0 Å². The van der Waals surface area contributed by atoms with E-state index < -0.39 is 9.05 Å².